The van der Waals surface area contributed by atoms with Crippen molar-refractivity contribution in [3.05, 3.63) is 104 Å². The number of anilines is 1. The molecule has 3 aromatic carbocycles. The molecule has 0 saturated carbocycles. The third kappa shape index (κ3) is 4.35. The predicted molar refractivity (Wildman–Crippen MR) is 124 cm³/mol. The van der Waals surface area contributed by atoms with E-state index in [-0.39, 0.29) is 11.3 Å². The van der Waals surface area contributed by atoms with Gasteiger partial charge in [-0.15, -0.1) is 0 Å². The molecule has 1 aliphatic rings. The van der Waals surface area contributed by atoms with Gasteiger partial charge in [0.1, 0.15) is 11.4 Å². The zero-order chi connectivity index (χ0) is 22.8. The Morgan fingerprint density at radius 1 is 0.969 bits per heavy atom. The molecular weight excluding hydrogens is 499 g/mol. The van der Waals surface area contributed by atoms with E-state index in [4.69, 9.17) is 11.6 Å². The van der Waals surface area contributed by atoms with Crippen LogP contribution in [0.25, 0.3) is 6.08 Å². The van der Waals surface area contributed by atoms with Gasteiger partial charge in [-0.05, 0) is 47.0 Å². The summed E-state index contributed by atoms with van der Waals surface area (Å²) in [5, 5.41) is 2.75. The highest BCUT2D eigenvalue weighted by molar-refractivity contribution is 9.10. The van der Waals surface area contributed by atoms with Crippen LogP contribution in [-0.4, -0.2) is 17.8 Å². The van der Waals surface area contributed by atoms with Gasteiger partial charge in [0.2, 0.25) is 0 Å². The van der Waals surface area contributed by atoms with E-state index < -0.39 is 23.7 Å². The number of rotatable bonds is 4. The van der Waals surface area contributed by atoms with Gasteiger partial charge in [-0.1, -0.05) is 70.0 Å². The number of para-hydroxylation sites is 1. The number of hydrogen-bond donors (Lipinski definition) is 1. The van der Waals surface area contributed by atoms with E-state index in [0.29, 0.717) is 21.9 Å². The van der Waals surface area contributed by atoms with Crippen molar-refractivity contribution < 1.29 is 18.8 Å². The minimum atomic E-state index is -1.00. The number of imide groups is 2. The van der Waals surface area contributed by atoms with Crippen molar-refractivity contribution in [2.24, 2.45) is 0 Å². The number of nitrogens with zero attached hydrogens (tertiary/aromatic N) is 1. The Kier molecular flexibility index (Phi) is 6.21. The SMILES string of the molecule is O=C1NC(=O)N(c2ccccc2F)C(=O)/C1=C\c1ccc(Cc2ccccc2Cl)c(Br)c1. The topological polar surface area (TPSA) is 66.5 Å². The Labute approximate surface area is 196 Å². The van der Waals surface area contributed by atoms with Gasteiger partial charge < -0.3 is 0 Å². The number of urea groups is 1. The molecule has 32 heavy (non-hydrogen) atoms. The van der Waals surface area contributed by atoms with Gasteiger partial charge in [-0.25, -0.2) is 14.1 Å². The molecule has 1 heterocycles. The van der Waals surface area contributed by atoms with Gasteiger partial charge in [-0.2, -0.15) is 0 Å². The molecule has 0 aliphatic carbocycles. The molecule has 0 atom stereocenters. The number of benzene rings is 3. The van der Waals surface area contributed by atoms with Crippen LogP contribution in [0.3, 0.4) is 0 Å². The molecule has 4 rings (SSSR count). The minimum Gasteiger partial charge on any atom is -0.273 e. The van der Waals surface area contributed by atoms with Gasteiger partial charge in [0, 0.05) is 15.9 Å². The lowest BCUT2D eigenvalue weighted by Crippen LogP contribution is -2.54. The van der Waals surface area contributed by atoms with Crippen LogP contribution >= 0.6 is 27.5 Å². The third-order valence-corrected chi connectivity index (χ3v) is 6.03. The Hall–Kier alpha value is -3.29. The van der Waals surface area contributed by atoms with Gasteiger partial charge in [-0.3, -0.25) is 14.9 Å². The molecule has 8 heteroatoms. The second kappa shape index (κ2) is 9.06. The first-order valence-electron chi connectivity index (χ1n) is 9.53. The Morgan fingerprint density at radius 3 is 2.41 bits per heavy atom. The van der Waals surface area contributed by atoms with E-state index in [1.807, 2.05) is 30.3 Å². The lowest BCUT2D eigenvalue weighted by molar-refractivity contribution is -0.122. The number of carbonyl (C=O) groups is 3. The quantitative estimate of drug-likeness (QED) is 0.370. The zero-order valence-corrected chi connectivity index (χ0v) is 18.8. The molecule has 0 unspecified atom stereocenters. The molecule has 0 bridgehead atoms. The summed E-state index contributed by atoms with van der Waals surface area (Å²) in [4.78, 5) is 38.1. The van der Waals surface area contributed by atoms with Gasteiger partial charge in [0.25, 0.3) is 11.8 Å². The van der Waals surface area contributed by atoms with Crippen LogP contribution in [0, 0.1) is 5.82 Å². The molecule has 1 saturated heterocycles. The van der Waals surface area contributed by atoms with Crippen molar-refractivity contribution >= 4 is 57.1 Å². The van der Waals surface area contributed by atoms with Crippen molar-refractivity contribution in [2.45, 2.75) is 6.42 Å². The van der Waals surface area contributed by atoms with Crippen LogP contribution in [0.5, 0.6) is 0 Å². The van der Waals surface area contributed by atoms with Crippen molar-refractivity contribution in [1.82, 2.24) is 5.32 Å². The highest BCUT2D eigenvalue weighted by atomic mass is 79.9. The maximum atomic E-state index is 14.2. The van der Waals surface area contributed by atoms with Crippen molar-refractivity contribution in [2.75, 3.05) is 4.90 Å². The molecule has 1 fully saturated rings. The molecule has 0 aromatic heterocycles. The molecule has 1 N–H and O–H groups in total. The summed E-state index contributed by atoms with van der Waals surface area (Å²) in [5.74, 6) is -2.50. The van der Waals surface area contributed by atoms with E-state index in [0.717, 1.165) is 21.7 Å². The summed E-state index contributed by atoms with van der Waals surface area (Å²) < 4.78 is 14.9. The summed E-state index contributed by atoms with van der Waals surface area (Å²) in [6.45, 7) is 0. The van der Waals surface area contributed by atoms with Crippen molar-refractivity contribution in [1.29, 1.82) is 0 Å². The molecule has 160 valence electrons. The molecule has 0 radical (unpaired) electrons. The zero-order valence-electron chi connectivity index (χ0n) is 16.4. The fourth-order valence-electron chi connectivity index (χ4n) is 3.32. The second-order valence-electron chi connectivity index (χ2n) is 7.03. The fraction of sp³-hybridized carbons (Fsp3) is 0.0417. The number of nitrogens with one attached hydrogen (secondary N) is 1. The number of barbiturate groups is 1. The summed E-state index contributed by atoms with van der Waals surface area (Å²) in [5.41, 5.74) is 1.97. The molecule has 4 amide bonds. The summed E-state index contributed by atoms with van der Waals surface area (Å²) >= 11 is 9.76. The Morgan fingerprint density at radius 2 is 1.69 bits per heavy atom. The highest BCUT2D eigenvalue weighted by Gasteiger charge is 2.37. The Bertz CT molecular complexity index is 1290. The number of carbonyl (C=O) groups excluding carboxylic acids is 3. The number of hydrogen-bond acceptors (Lipinski definition) is 3. The van der Waals surface area contributed by atoms with E-state index in [2.05, 4.69) is 21.2 Å². The molecule has 5 nitrogen and oxygen atoms in total. The molecular formula is C24H15BrClFN2O3. The smallest absolute Gasteiger partial charge is 0.273 e. The summed E-state index contributed by atoms with van der Waals surface area (Å²) in [6, 6.07) is 17.2. The van der Waals surface area contributed by atoms with Crippen molar-refractivity contribution in [3.8, 4) is 0 Å². The normalized spacial score (nSPS) is 15.3. The first-order valence-corrected chi connectivity index (χ1v) is 10.7. The number of halogens is 3. The van der Waals surface area contributed by atoms with E-state index in [9.17, 15) is 18.8 Å². The van der Waals surface area contributed by atoms with Crippen LogP contribution in [0.4, 0.5) is 14.9 Å². The third-order valence-electron chi connectivity index (χ3n) is 4.92. The van der Waals surface area contributed by atoms with Gasteiger partial charge in [0.05, 0.1) is 5.69 Å². The van der Waals surface area contributed by atoms with Crippen molar-refractivity contribution in [3.63, 3.8) is 0 Å². The minimum absolute atomic E-state index is 0.232. The lowest BCUT2D eigenvalue weighted by Gasteiger charge is -2.26. The van der Waals surface area contributed by atoms with Gasteiger partial charge in [0.15, 0.2) is 0 Å². The van der Waals surface area contributed by atoms with Crippen LogP contribution in [0.2, 0.25) is 5.02 Å². The highest BCUT2D eigenvalue weighted by Crippen LogP contribution is 2.28. The average Bonchev–Trinajstić information content (AvgIpc) is 2.75. The monoisotopic (exact) mass is 512 g/mol. The molecule has 0 spiro atoms. The largest absolute Gasteiger partial charge is 0.336 e. The standard InChI is InChI=1S/C24H15BrClFN2O3/c25-18-12-14(9-10-15(18)13-16-5-1-2-6-19(16)26)11-17-22(30)28-24(32)29(23(17)31)21-8-4-3-7-20(21)27/h1-12H,13H2,(H,28,30,32)/b17-11-. The second-order valence-corrected chi connectivity index (χ2v) is 8.29. The van der Waals surface area contributed by atoms with Gasteiger partial charge >= 0.3 is 6.03 Å². The van der Waals surface area contributed by atoms with Crippen LogP contribution in [0.1, 0.15) is 16.7 Å². The Balaban J connectivity index is 1.65. The summed E-state index contributed by atoms with van der Waals surface area (Å²) in [6.07, 6.45) is 1.95. The van der Waals surface area contributed by atoms with Crippen LogP contribution < -0.4 is 10.2 Å². The molecule has 3 aromatic rings. The first-order chi connectivity index (χ1) is 15.3. The maximum absolute atomic E-state index is 14.2. The average molecular weight is 514 g/mol. The van der Waals surface area contributed by atoms with E-state index in [1.54, 1.807) is 12.1 Å². The first kappa shape index (κ1) is 21.9. The van der Waals surface area contributed by atoms with Crippen LogP contribution in [-0.2, 0) is 16.0 Å². The predicted octanol–water partition coefficient (Wildman–Crippen LogP) is 5.50. The fourth-order valence-corrected chi connectivity index (χ4v) is 4.06. The summed E-state index contributed by atoms with van der Waals surface area (Å²) in [7, 11) is 0. The van der Waals surface area contributed by atoms with Crippen LogP contribution in [0.15, 0.2) is 76.8 Å². The van der Waals surface area contributed by atoms with E-state index in [1.165, 1.54) is 24.3 Å². The maximum Gasteiger partial charge on any atom is 0.336 e. The molecule has 1 aliphatic heterocycles. The number of amides is 4. The lowest BCUT2D eigenvalue weighted by atomic mass is 10.0. The van der Waals surface area contributed by atoms with E-state index >= 15 is 0 Å².